The minimum atomic E-state index is 0.437. The van der Waals surface area contributed by atoms with E-state index in [0.717, 1.165) is 32.8 Å². The zero-order chi connectivity index (χ0) is 13.9. The largest absolute Gasteiger partial charge is 0.381 e. The van der Waals surface area contributed by atoms with E-state index in [-0.39, 0.29) is 0 Å². The van der Waals surface area contributed by atoms with Crippen LogP contribution >= 0.6 is 11.3 Å². The number of thiophene rings is 1. The summed E-state index contributed by atoms with van der Waals surface area (Å²) in [6.45, 7) is 6.62. The average molecular weight is 291 g/mol. The third kappa shape index (κ3) is 2.95. The van der Waals surface area contributed by atoms with E-state index in [2.05, 4.69) is 40.6 Å². The van der Waals surface area contributed by atoms with Gasteiger partial charge in [-0.2, -0.15) is 5.10 Å². The summed E-state index contributed by atoms with van der Waals surface area (Å²) in [6, 6.07) is 4.32. The molecule has 0 bridgehead atoms. The van der Waals surface area contributed by atoms with Crippen LogP contribution in [0.15, 0.2) is 23.7 Å². The summed E-state index contributed by atoms with van der Waals surface area (Å²) in [5.41, 5.74) is 2.57. The van der Waals surface area contributed by atoms with Gasteiger partial charge in [0.25, 0.3) is 0 Å². The third-order valence-corrected chi connectivity index (χ3v) is 4.57. The number of hydrogen-bond acceptors (Lipinski definition) is 4. The van der Waals surface area contributed by atoms with Gasteiger partial charge in [-0.05, 0) is 18.4 Å². The zero-order valence-electron chi connectivity index (χ0n) is 12.1. The molecule has 5 heteroatoms. The van der Waals surface area contributed by atoms with Gasteiger partial charge in [-0.25, -0.2) is 0 Å². The van der Waals surface area contributed by atoms with E-state index >= 15 is 0 Å². The third-order valence-electron chi connectivity index (χ3n) is 3.71. The second kappa shape index (κ2) is 6.08. The fourth-order valence-corrected chi connectivity index (χ4v) is 3.60. The zero-order valence-corrected chi connectivity index (χ0v) is 12.9. The summed E-state index contributed by atoms with van der Waals surface area (Å²) in [5, 5.41) is 6.75. The van der Waals surface area contributed by atoms with Gasteiger partial charge in [-0.3, -0.25) is 9.58 Å². The quantitative estimate of drug-likeness (QED) is 0.848. The van der Waals surface area contributed by atoms with Gasteiger partial charge in [-0.15, -0.1) is 11.3 Å². The van der Waals surface area contributed by atoms with E-state index < -0.39 is 0 Å². The summed E-state index contributed by atoms with van der Waals surface area (Å²) in [7, 11) is 2.00. The van der Waals surface area contributed by atoms with E-state index in [9.17, 15) is 0 Å². The second-order valence-electron chi connectivity index (χ2n) is 5.31. The van der Waals surface area contributed by atoms with E-state index in [1.54, 1.807) is 0 Å². The molecule has 0 unspecified atom stereocenters. The number of nitrogens with zero attached hydrogens (tertiary/aromatic N) is 3. The summed E-state index contributed by atoms with van der Waals surface area (Å²) < 4.78 is 7.59. The molecule has 0 radical (unpaired) electrons. The molecule has 0 amide bonds. The monoisotopic (exact) mass is 291 g/mol. The molecule has 0 saturated heterocycles. The fourth-order valence-electron chi connectivity index (χ4n) is 2.85. The fraction of sp³-hybridized carbons (Fsp3) is 0.533. The van der Waals surface area contributed by atoms with Crippen LogP contribution in [-0.2, 0) is 24.9 Å². The molecule has 20 heavy (non-hydrogen) atoms. The van der Waals surface area contributed by atoms with Gasteiger partial charge in [0.2, 0.25) is 0 Å². The summed E-state index contributed by atoms with van der Waals surface area (Å²) >= 11 is 1.82. The SMILES string of the molecule is CCOC[C@@H]1CN(Cc2cccs2)Cc2nn(C)cc21. The number of aromatic nitrogens is 2. The minimum absolute atomic E-state index is 0.437. The van der Waals surface area contributed by atoms with Crippen molar-refractivity contribution in [3.8, 4) is 0 Å². The molecule has 0 spiro atoms. The Kier molecular flexibility index (Phi) is 4.19. The Labute approximate surface area is 124 Å². The minimum Gasteiger partial charge on any atom is -0.381 e. The van der Waals surface area contributed by atoms with Crippen LogP contribution < -0.4 is 0 Å². The van der Waals surface area contributed by atoms with Crippen molar-refractivity contribution in [1.29, 1.82) is 0 Å². The lowest BCUT2D eigenvalue weighted by atomic mass is 9.95. The summed E-state index contributed by atoms with van der Waals surface area (Å²) in [5.74, 6) is 0.437. The highest BCUT2D eigenvalue weighted by Crippen LogP contribution is 2.29. The molecule has 3 rings (SSSR count). The maximum atomic E-state index is 5.66. The van der Waals surface area contributed by atoms with E-state index in [1.165, 1.54) is 16.1 Å². The maximum absolute atomic E-state index is 5.66. The van der Waals surface area contributed by atoms with Crippen LogP contribution in [-0.4, -0.2) is 34.4 Å². The van der Waals surface area contributed by atoms with Crippen LogP contribution in [0.25, 0.3) is 0 Å². The van der Waals surface area contributed by atoms with Gasteiger partial charge >= 0.3 is 0 Å². The molecule has 0 N–H and O–H groups in total. The van der Waals surface area contributed by atoms with Gasteiger partial charge in [0.1, 0.15) is 0 Å². The standard InChI is InChI=1S/C15H21N3OS/c1-3-19-11-12-7-18(8-13-5-4-6-20-13)10-15-14(12)9-17(2)16-15/h4-6,9,12H,3,7-8,10-11H2,1-2H3/t12-/m0/s1. The lowest BCUT2D eigenvalue weighted by Gasteiger charge is -2.31. The Hall–Kier alpha value is -1.17. The Morgan fingerprint density at radius 1 is 1.50 bits per heavy atom. The number of hydrogen-bond donors (Lipinski definition) is 0. The summed E-state index contributed by atoms with van der Waals surface area (Å²) in [6.07, 6.45) is 2.15. The lowest BCUT2D eigenvalue weighted by molar-refractivity contribution is 0.105. The first-order valence-corrected chi connectivity index (χ1v) is 7.99. The van der Waals surface area contributed by atoms with Crippen LogP contribution in [0.2, 0.25) is 0 Å². The van der Waals surface area contributed by atoms with Crippen molar-refractivity contribution in [1.82, 2.24) is 14.7 Å². The molecule has 1 aliphatic heterocycles. The first kappa shape index (κ1) is 13.8. The smallest absolute Gasteiger partial charge is 0.0800 e. The van der Waals surface area contributed by atoms with Crippen molar-refractivity contribution in [3.05, 3.63) is 39.8 Å². The average Bonchev–Trinajstić information content (AvgIpc) is 3.04. The van der Waals surface area contributed by atoms with E-state index in [1.807, 2.05) is 23.1 Å². The van der Waals surface area contributed by atoms with Gasteiger partial charge in [0.15, 0.2) is 0 Å². The molecule has 0 saturated carbocycles. The van der Waals surface area contributed by atoms with Crippen LogP contribution in [0.4, 0.5) is 0 Å². The number of ether oxygens (including phenoxy) is 1. The normalized spacial score (nSPS) is 19.2. The van der Waals surface area contributed by atoms with Crippen LogP contribution in [0.3, 0.4) is 0 Å². The highest BCUT2D eigenvalue weighted by molar-refractivity contribution is 7.09. The Morgan fingerprint density at radius 2 is 2.40 bits per heavy atom. The van der Waals surface area contributed by atoms with E-state index in [4.69, 9.17) is 4.74 Å². The topological polar surface area (TPSA) is 30.3 Å². The number of fused-ring (bicyclic) bond motifs is 1. The molecule has 3 heterocycles. The molecule has 0 fully saturated rings. The van der Waals surface area contributed by atoms with Crippen molar-refractivity contribution < 1.29 is 4.74 Å². The Morgan fingerprint density at radius 3 is 3.15 bits per heavy atom. The predicted octanol–water partition coefficient (Wildman–Crippen LogP) is 2.62. The Bertz CT molecular complexity index is 549. The van der Waals surface area contributed by atoms with Crippen molar-refractivity contribution in [2.45, 2.75) is 25.9 Å². The van der Waals surface area contributed by atoms with Gasteiger partial charge in [0.05, 0.1) is 12.3 Å². The lowest BCUT2D eigenvalue weighted by Crippen LogP contribution is -2.34. The Balaban J connectivity index is 1.76. The van der Waals surface area contributed by atoms with Crippen LogP contribution in [0, 0.1) is 0 Å². The van der Waals surface area contributed by atoms with Crippen molar-refractivity contribution >= 4 is 11.3 Å². The second-order valence-corrected chi connectivity index (χ2v) is 6.34. The molecule has 108 valence electrons. The van der Waals surface area contributed by atoms with Crippen LogP contribution in [0.5, 0.6) is 0 Å². The van der Waals surface area contributed by atoms with Gasteiger partial charge < -0.3 is 4.74 Å². The highest BCUT2D eigenvalue weighted by Gasteiger charge is 2.28. The summed E-state index contributed by atoms with van der Waals surface area (Å²) in [4.78, 5) is 3.89. The molecule has 0 aliphatic carbocycles. The molecule has 2 aromatic heterocycles. The molecule has 4 nitrogen and oxygen atoms in total. The molecular formula is C15H21N3OS. The van der Waals surface area contributed by atoms with E-state index in [0.29, 0.717) is 5.92 Å². The molecule has 0 aromatic carbocycles. The number of aryl methyl sites for hydroxylation is 1. The van der Waals surface area contributed by atoms with Crippen LogP contribution in [0.1, 0.15) is 29.0 Å². The van der Waals surface area contributed by atoms with Gasteiger partial charge in [0, 0.05) is 55.8 Å². The van der Waals surface area contributed by atoms with Crippen molar-refractivity contribution in [2.24, 2.45) is 7.05 Å². The first-order valence-electron chi connectivity index (χ1n) is 7.11. The molecular weight excluding hydrogens is 270 g/mol. The highest BCUT2D eigenvalue weighted by atomic mass is 32.1. The van der Waals surface area contributed by atoms with Gasteiger partial charge in [-0.1, -0.05) is 6.07 Å². The predicted molar refractivity (Wildman–Crippen MR) is 80.9 cm³/mol. The first-order chi connectivity index (χ1) is 9.76. The van der Waals surface area contributed by atoms with Crippen molar-refractivity contribution in [3.63, 3.8) is 0 Å². The number of rotatable bonds is 5. The van der Waals surface area contributed by atoms with Crippen molar-refractivity contribution in [2.75, 3.05) is 19.8 Å². The molecule has 1 aliphatic rings. The molecule has 1 atom stereocenters. The maximum Gasteiger partial charge on any atom is 0.0800 e. The molecule has 2 aromatic rings.